The van der Waals surface area contributed by atoms with Gasteiger partial charge in [-0.3, -0.25) is 19.3 Å². The number of nitrogens with zero attached hydrogens (tertiary/aromatic N) is 3. The van der Waals surface area contributed by atoms with E-state index in [1.807, 2.05) is 13.8 Å². The van der Waals surface area contributed by atoms with Gasteiger partial charge in [-0.1, -0.05) is 12.8 Å². The second-order valence-corrected chi connectivity index (χ2v) is 7.13. The number of amides is 3. The molecule has 0 radical (unpaired) electrons. The number of aromatic nitrogens is 2. The number of carbonyl (C=O) groups is 3. The van der Waals surface area contributed by atoms with Crippen LogP contribution in [0.2, 0.25) is 0 Å². The molecule has 0 bridgehead atoms. The quantitative estimate of drug-likeness (QED) is 0.803. The molecule has 1 saturated heterocycles. The molecular weight excluding hydrogens is 336 g/mol. The molecule has 26 heavy (non-hydrogen) atoms. The zero-order chi connectivity index (χ0) is 18.8. The topological polar surface area (TPSA) is 101 Å². The molecule has 1 aromatic heterocycles. The summed E-state index contributed by atoms with van der Waals surface area (Å²) in [5.74, 6) is -0.840. The number of hydrogen-bond donors (Lipinski definition) is 1. The fourth-order valence-electron chi connectivity index (χ4n) is 3.61. The summed E-state index contributed by atoms with van der Waals surface area (Å²) in [4.78, 5) is 38.8. The van der Waals surface area contributed by atoms with E-state index in [2.05, 4.69) is 15.5 Å². The summed E-state index contributed by atoms with van der Waals surface area (Å²) in [5.41, 5.74) is 0. The van der Waals surface area contributed by atoms with Crippen LogP contribution in [0.4, 0.5) is 5.82 Å². The van der Waals surface area contributed by atoms with Crippen molar-refractivity contribution < 1.29 is 19.1 Å². The number of carbonyl (C=O) groups excluding carboxylic acids is 3. The minimum absolute atomic E-state index is 0.0273. The van der Waals surface area contributed by atoms with E-state index in [1.165, 1.54) is 0 Å². The normalized spacial score (nSPS) is 23.8. The van der Waals surface area contributed by atoms with Gasteiger partial charge >= 0.3 is 0 Å². The van der Waals surface area contributed by atoms with Gasteiger partial charge < -0.3 is 10.1 Å². The van der Waals surface area contributed by atoms with Crippen molar-refractivity contribution in [3.05, 3.63) is 12.1 Å². The summed E-state index contributed by atoms with van der Waals surface area (Å²) in [7, 11) is 0. The highest BCUT2D eigenvalue weighted by Crippen LogP contribution is 2.38. The van der Waals surface area contributed by atoms with Gasteiger partial charge in [0.15, 0.2) is 5.82 Å². The standard InChI is InChI=1S/C18H24N4O4/c1-10(2)26-15-9-8-14(20-21-15)19-16(23)11(3)22-17(24)12-6-4-5-7-13(12)18(22)25/h8-13H,4-7H2,1-3H3,(H,19,20,23). The van der Waals surface area contributed by atoms with Gasteiger partial charge in [0.25, 0.3) is 0 Å². The van der Waals surface area contributed by atoms with Crippen molar-refractivity contribution in [3.8, 4) is 5.88 Å². The third kappa shape index (κ3) is 3.54. The van der Waals surface area contributed by atoms with E-state index >= 15 is 0 Å². The summed E-state index contributed by atoms with van der Waals surface area (Å²) < 4.78 is 5.40. The molecule has 2 heterocycles. The van der Waals surface area contributed by atoms with Crippen molar-refractivity contribution in [2.45, 2.75) is 58.6 Å². The summed E-state index contributed by atoms with van der Waals surface area (Å²) in [6, 6.07) is 2.30. The number of ether oxygens (including phenoxy) is 1. The van der Waals surface area contributed by atoms with Crippen molar-refractivity contribution in [1.29, 1.82) is 0 Å². The van der Waals surface area contributed by atoms with Crippen LogP contribution >= 0.6 is 0 Å². The molecule has 2 aliphatic rings. The summed E-state index contributed by atoms with van der Waals surface area (Å²) in [6.07, 6.45) is 3.33. The Kier molecular flexibility index (Phi) is 5.20. The molecule has 1 N–H and O–H groups in total. The molecule has 140 valence electrons. The van der Waals surface area contributed by atoms with E-state index in [4.69, 9.17) is 4.74 Å². The van der Waals surface area contributed by atoms with Crippen molar-refractivity contribution in [1.82, 2.24) is 15.1 Å². The largest absolute Gasteiger partial charge is 0.474 e. The van der Waals surface area contributed by atoms with Crippen molar-refractivity contribution in [2.75, 3.05) is 5.32 Å². The molecule has 1 aliphatic carbocycles. The minimum atomic E-state index is -0.881. The zero-order valence-electron chi connectivity index (χ0n) is 15.3. The molecule has 2 fully saturated rings. The number of hydrogen-bond acceptors (Lipinski definition) is 6. The summed E-state index contributed by atoms with van der Waals surface area (Å²) in [6.45, 7) is 5.31. The van der Waals surface area contributed by atoms with Gasteiger partial charge in [0.05, 0.1) is 17.9 Å². The third-order valence-electron chi connectivity index (χ3n) is 4.89. The molecule has 3 amide bonds. The minimum Gasteiger partial charge on any atom is -0.474 e. The SMILES string of the molecule is CC(C)Oc1ccc(NC(=O)C(C)N2C(=O)C3CCCCC3C2=O)nn1. The lowest BCUT2D eigenvalue weighted by molar-refractivity contribution is -0.146. The van der Waals surface area contributed by atoms with Crippen LogP contribution in [0.5, 0.6) is 5.88 Å². The fourth-order valence-corrected chi connectivity index (χ4v) is 3.61. The van der Waals surface area contributed by atoms with Crippen molar-refractivity contribution >= 4 is 23.5 Å². The van der Waals surface area contributed by atoms with Gasteiger partial charge in [0, 0.05) is 6.07 Å². The Morgan fingerprint density at radius 1 is 1.12 bits per heavy atom. The highest BCUT2D eigenvalue weighted by Gasteiger charge is 2.50. The molecule has 1 aromatic rings. The van der Waals surface area contributed by atoms with Gasteiger partial charge in [-0.2, -0.15) is 0 Å². The first-order valence-corrected chi connectivity index (χ1v) is 9.06. The average molecular weight is 360 g/mol. The number of anilines is 1. The third-order valence-corrected chi connectivity index (χ3v) is 4.89. The lowest BCUT2D eigenvalue weighted by Crippen LogP contribution is -2.46. The molecule has 1 aliphatic heterocycles. The lowest BCUT2D eigenvalue weighted by Gasteiger charge is -2.22. The molecule has 3 atom stereocenters. The van der Waals surface area contributed by atoms with Crippen LogP contribution in [0.15, 0.2) is 12.1 Å². The lowest BCUT2D eigenvalue weighted by atomic mass is 9.81. The van der Waals surface area contributed by atoms with Crippen LogP contribution in [-0.4, -0.2) is 45.0 Å². The van der Waals surface area contributed by atoms with Crippen molar-refractivity contribution in [2.24, 2.45) is 11.8 Å². The number of imide groups is 1. The Morgan fingerprint density at radius 2 is 1.73 bits per heavy atom. The van der Waals surface area contributed by atoms with Crippen molar-refractivity contribution in [3.63, 3.8) is 0 Å². The Morgan fingerprint density at radius 3 is 2.23 bits per heavy atom. The second-order valence-electron chi connectivity index (χ2n) is 7.13. The molecule has 3 unspecified atom stereocenters. The molecule has 1 saturated carbocycles. The van der Waals surface area contributed by atoms with Gasteiger partial charge in [-0.05, 0) is 39.7 Å². The second kappa shape index (κ2) is 7.39. The molecular formula is C18H24N4O4. The van der Waals surface area contributed by atoms with Crippen LogP contribution in [0.3, 0.4) is 0 Å². The van der Waals surface area contributed by atoms with E-state index < -0.39 is 11.9 Å². The Hall–Kier alpha value is -2.51. The predicted molar refractivity (Wildman–Crippen MR) is 93.2 cm³/mol. The van der Waals surface area contributed by atoms with E-state index in [9.17, 15) is 14.4 Å². The highest BCUT2D eigenvalue weighted by molar-refractivity contribution is 6.09. The van der Waals surface area contributed by atoms with Gasteiger partial charge in [0.2, 0.25) is 23.6 Å². The average Bonchev–Trinajstić information content (AvgIpc) is 2.87. The zero-order valence-corrected chi connectivity index (χ0v) is 15.3. The number of rotatable bonds is 5. The first kappa shape index (κ1) is 18.3. The van der Waals surface area contributed by atoms with E-state index in [-0.39, 0.29) is 35.6 Å². The monoisotopic (exact) mass is 360 g/mol. The van der Waals surface area contributed by atoms with Gasteiger partial charge in [-0.15, -0.1) is 10.2 Å². The van der Waals surface area contributed by atoms with Gasteiger partial charge in [0.1, 0.15) is 6.04 Å². The van der Waals surface area contributed by atoms with E-state index in [0.29, 0.717) is 5.88 Å². The van der Waals surface area contributed by atoms with Crippen LogP contribution in [0.25, 0.3) is 0 Å². The maximum Gasteiger partial charge on any atom is 0.248 e. The smallest absolute Gasteiger partial charge is 0.248 e. The summed E-state index contributed by atoms with van der Waals surface area (Å²) in [5, 5.41) is 10.4. The Labute approximate surface area is 152 Å². The highest BCUT2D eigenvalue weighted by atomic mass is 16.5. The van der Waals surface area contributed by atoms with E-state index in [0.717, 1.165) is 30.6 Å². The molecule has 8 nitrogen and oxygen atoms in total. The van der Waals surface area contributed by atoms with Crippen LogP contribution in [0.1, 0.15) is 46.5 Å². The molecule has 0 aromatic carbocycles. The van der Waals surface area contributed by atoms with Crippen LogP contribution in [-0.2, 0) is 14.4 Å². The number of likely N-dealkylation sites (tertiary alicyclic amines) is 1. The predicted octanol–water partition coefficient (Wildman–Crippen LogP) is 1.77. The summed E-state index contributed by atoms with van der Waals surface area (Å²) >= 11 is 0. The first-order chi connectivity index (χ1) is 12.4. The van der Waals surface area contributed by atoms with E-state index in [1.54, 1.807) is 19.1 Å². The maximum absolute atomic E-state index is 12.6. The van der Waals surface area contributed by atoms with Crippen LogP contribution in [0, 0.1) is 11.8 Å². The molecule has 0 spiro atoms. The van der Waals surface area contributed by atoms with Crippen LogP contribution < -0.4 is 10.1 Å². The molecule has 3 rings (SSSR count). The fraction of sp³-hybridized carbons (Fsp3) is 0.611. The Bertz CT molecular complexity index is 680. The molecule has 8 heteroatoms. The maximum atomic E-state index is 12.6. The number of fused-ring (bicyclic) bond motifs is 1. The Balaban J connectivity index is 1.66. The number of nitrogens with one attached hydrogen (secondary N) is 1. The first-order valence-electron chi connectivity index (χ1n) is 9.06. The van der Waals surface area contributed by atoms with Gasteiger partial charge in [-0.25, -0.2) is 0 Å².